The summed E-state index contributed by atoms with van der Waals surface area (Å²) in [7, 11) is 0. The van der Waals surface area contributed by atoms with Gasteiger partial charge < -0.3 is 15.0 Å². The van der Waals surface area contributed by atoms with Crippen molar-refractivity contribution >= 4 is 11.7 Å². The Hall–Kier alpha value is -2.15. The van der Waals surface area contributed by atoms with Crippen molar-refractivity contribution in [2.45, 2.75) is 37.8 Å². The number of likely N-dealkylation sites (tertiary alicyclic amines) is 1. The van der Waals surface area contributed by atoms with Crippen LogP contribution in [0, 0.1) is 0 Å². The van der Waals surface area contributed by atoms with E-state index < -0.39 is 0 Å². The van der Waals surface area contributed by atoms with E-state index >= 15 is 0 Å². The maximum Gasteiger partial charge on any atom is 0.318 e. The van der Waals surface area contributed by atoms with Gasteiger partial charge >= 0.3 is 6.03 Å². The largest absolute Gasteiger partial charge is 0.376 e. The standard InChI is InChI=1S/C16H21N5O2/c22-16(17-11-12-5-4-10-23-12)20-9-3-6-13(20)15-19-18-14-7-1-2-8-21(14)15/h1-2,7-8,12-13H,3-6,9-11H2,(H,17,22)/t12-,13-/m0/s1. The normalized spacial score (nSPS) is 24.4. The van der Waals surface area contributed by atoms with Gasteiger partial charge in [0.2, 0.25) is 0 Å². The Labute approximate surface area is 134 Å². The molecule has 122 valence electrons. The van der Waals surface area contributed by atoms with Gasteiger partial charge in [0.05, 0.1) is 12.1 Å². The zero-order chi connectivity index (χ0) is 15.6. The molecule has 4 heterocycles. The second-order valence-corrected chi connectivity index (χ2v) is 6.16. The Bertz CT molecular complexity index is 695. The lowest BCUT2D eigenvalue weighted by Gasteiger charge is -2.24. The summed E-state index contributed by atoms with van der Waals surface area (Å²) in [6.07, 6.45) is 6.12. The molecule has 2 amide bonds. The highest BCUT2D eigenvalue weighted by atomic mass is 16.5. The number of pyridine rings is 1. The fourth-order valence-electron chi connectivity index (χ4n) is 3.47. The lowest BCUT2D eigenvalue weighted by molar-refractivity contribution is 0.108. The Balaban J connectivity index is 1.48. The van der Waals surface area contributed by atoms with Gasteiger partial charge in [-0.3, -0.25) is 4.40 Å². The highest BCUT2D eigenvalue weighted by molar-refractivity contribution is 5.75. The van der Waals surface area contributed by atoms with E-state index in [-0.39, 0.29) is 18.2 Å². The van der Waals surface area contributed by atoms with Gasteiger partial charge in [-0.1, -0.05) is 6.07 Å². The van der Waals surface area contributed by atoms with E-state index in [4.69, 9.17) is 4.74 Å². The van der Waals surface area contributed by atoms with E-state index in [1.807, 2.05) is 33.7 Å². The smallest absolute Gasteiger partial charge is 0.318 e. The first kappa shape index (κ1) is 14.4. The van der Waals surface area contributed by atoms with Crippen molar-refractivity contribution < 1.29 is 9.53 Å². The van der Waals surface area contributed by atoms with E-state index in [1.54, 1.807) is 0 Å². The van der Waals surface area contributed by atoms with Crippen LogP contribution in [0.1, 0.15) is 37.5 Å². The second kappa shape index (κ2) is 6.16. The number of rotatable bonds is 3. The van der Waals surface area contributed by atoms with Crippen molar-refractivity contribution in [2.75, 3.05) is 19.7 Å². The van der Waals surface area contributed by atoms with Crippen LogP contribution in [-0.2, 0) is 4.74 Å². The van der Waals surface area contributed by atoms with Crippen LogP contribution in [-0.4, -0.2) is 51.3 Å². The minimum absolute atomic E-state index is 0.0168. The van der Waals surface area contributed by atoms with Crippen LogP contribution in [0.3, 0.4) is 0 Å². The lowest BCUT2D eigenvalue weighted by Crippen LogP contribution is -2.42. The molecule has 0 saturated carbocycles. The number of aromatic nitrogens is 3. The van der Waals surface area contributed by atoms with Crippen molar-refractivity contribution in [1.29, 1.82) is 0 Å². The molecule has 2 aromatic rings. The number of hydrogen-bond acceptors (Lipinski definition) is 4. The molecule has 2 atom stereocenters. The molecular weight excluding hydrogens is 294 g/mol. The molecule has 7 nitrogen and oxygen atoms in total. The minimum Gasteiger partial charge on any atom is -0.376 e. The molecule has 7 heteroatoms. The van der Waals surface area contributed by atoms with E-state index in [1.165, 1.54) is 0 Å². The molecule has 0 spiro atoms. The third kappa shape index (κ3) is 2.76. The number of carbonyl (C=O) groups excluding carboxylic acids is 1. The van der Waals surface area contributed by atoms with E-state index in [9.17, 15) is 4.79 Å². The van der Waals surface area contributed by atoms with E-state index in [0.29, 0.717) is 6.54 Å². The predicted molar refractivity (Wildman–Crippen MR) is 84.0 cm³/mol. The number of ether oxygens (including phenoxy) is 1. The predicted octanol–water partition coefficient (Wildman–Crippen LogP) is 1.75. The van der Waals surface area contributed by atoms with Crippen molar-refractivity contribution in [3.8, 4) is 0 Å². The first-order valence-corrected chi connectivity index (χ1v) is 8.28. The third-order valence-corrected chi connectivity index (χ3v) is 4.66. The number of carbonyl (C=O) groups is 1. The first-order chi connectivity index (χ1) is 11.3. The highest BCUT2D eigenvalue weighted by Crippen LogP contribution is 2.30. The van der Waals surface area contributed by atoms with Crippen LogP contribution in [0.2, 0.25) is 0 Å². The summed E-state index contributed by atoms with van der Waals surface area (Å²) in [6, 6.07) is 5.77. The van der Waals surface area contributed by atoms with Crippen LogP contribution in [0.25, 0.3) is 5.65 Å². The van der Waals surface area contributed by atoms with Crippen molar-refractivity contribution in [3.05, 3.63) is 30.2 Å². The summed E-state index contributed by atoms with van der Waals surface area (Å²) >= 11 is 0. The first-order valence-electron chi connectivity index (χ1n) is 8.28. The summed E-state index contributed by atoms with van der Waals surface area (Å²) in [5.41, 5.74) is 0.814. The quantitative estimate of drug-likeness (QED) is 0.937. The van der Waals surface area contributed by atoms with Crippen molar-refractivity contribution in [1.82, 2.24) is 24.8 Å². The molecule has 4 rings (SSSR count). The second-order valence-electron chi connectivity index (χ2n) is 6.16. The molecule has 0 aliphatic carbocycles. The summed E-state index contributed by atoms with van der Waals surface area (Å²) in [5.74, 6) is 0.838. The van der Waals surface area contributed by atoms with Gasteiger partial charge in [0.1, 0.15) is 0 Å². The van der Waals surface area contributed by atoms with E-state index in [0.717, 1.165) is 50.3 Å². The van der Waals surface area contributed by atoms with Gasteiger partial charge in [-0.2, -0.15) is 0 Å². The van der Waals surface area contributed by atoms with Crippen molar-refractivity contribution in [2.24, 2.45) is 0 Å². The van der Waals surface area contributed by atoms with Gasteiger partial charge in [0.15, 0.2) is 11.5 Å². The molecule has 0 bridgehead atoms. The number of amides is 2. The number of nitrogens with one attached hydrogen (secondary N) is 1. The summed E-state index contributed by atoms with van der Waals surface area (Å²) in [5, 5.41) is 11.5. The average molecular weight is 315 g/mol. The van der Waals surface area contributed by atoms with Crippen molar-refractivity contribution in [3.63, 3.8) is 0 Å². The number of urea groups is 1. The van der Waals surface area contributed by atoms with Gasteiger partial charge in [0, 0.05) is 25.9 Å². The van der Waals surface area contributed by atoms with Gasteiger partial charge in [0.25, 0.3) is 0 Å². The van der Waals surface area contributed by atoms with Gasteiger partial charge in [-0.25, -0.2) is 4.79 Å². The molecule has 0 unspecified atom stereocenters. The minimum atomic E-state index is -0.0318. The number of hydrogen-bond donors (Lipinski definition) is 1. The molecule has 0 aromatic carbocycles. The lowest BCUT2D eigenvalue weighted by atomic mass is 10.2. The van der Waals surface area contributed by atoms with Gasteiger partial charge in [-0.05, 0) is 37.8 Å². The van der Waals surface area contributed by atoms with Crippen LogP contribution in [0.5, 0.6) is 0 Å². The molecule has 1 N–H and O–H groups in total. The van der Waals surface area contributed by atoms with Crippen LogP contribution in [0.4, 0.5) is 4.79 Å². The fraction of sp³-hybridized carbons (Fsp3) is 0.562. The number of nitrogens with zero attached hydrogens (tertiary/aromatic N) is 4. The van der Waals surface area contributed by atoms with Crippen LogP contribution < -0.4 is 5.32 Å². The zero-order valence-corrected chi connectivity index (χ0v) is 13.0. The Morgan fingerprint density at radius 3 is 3.13 bits per heavy atom. The van der Waals surface area contributed by atoms with Crippen LogP contribution >= 0.6 is 0 Å². The molecule has 2 aliphatic heterocycles. The summed E-state index contributed by atoms with van der Waals surface area (Å²) in [6.45, 7) is 2.14. The fourth-order valence-corrected chi connectivity index (χ4v) is 3.47. The Kier molecular flexibility index (Phi) is 3.87. The molecule has 23 heavy (non-hydrogen) atoms. The van der Waals surface area contributed by atoms with E-state index in [2.05, 4.69) is 15.5 Å². The highest BCUT2D eigenvalue weighted by Gasteiger charge is 2.33. The maximum absolute atomic E-state index is 12.5. The molecule has 2 aromatic heterocycles. The maximum atomic E-state index is 12.5. The molecule has 2 aliphatic rings. The molecule has 0 radical (unpaired) electrons. The summed E-state index contributed by atoms with van der Waals surface area (Å²) in [4.78, 5) is 14.4. The Morgan fingerprint density at radius 1 is 1.30 bits per heavy atom. The summed E-state index contributed by atoms with van der Waals surface area (Å²) < 4.78 is 7.53. The molecule has 2 saturated heterocycles. The third-order valence-electron chi connectivity index (χ3n) is 4.66. The monoisotopic (exact) mass is 315 g/mol. The Morgan fingerprint density at radius 2 is 2.26 bits per heavy atom. The zero-order valence-electron chi connectivity index (χ0n) is 13.0. The van der Waals surface area contributed by atoms with Crippen LogP contribution in [0.15, 0.2) is 24.4 Å². The molecular formula is C16H21N5O2. The number of fused-ring (bicyclic) bond motifs is 1. The average Bonchev–Trinajstić information content (AvgIpc) is 3.31. The SMILES string of the molecule is O=C(NC[C@@H]1CCCO1)N1CCC[C@H]1c1nnc2ccccn12. The topological polar surface area (TPSA) is 71.8 Å². The van der Waals surface area contributed by atoms with Gasteiger partial charge in [-0.15, -0.1) is 10.2 Å². The molecule has 2 fully saturated rings.